The van der Waals surface area contributed by atoms with Gasteiger partial charge in [-0.1, -0.05) is 12.1 Å². The number of nitrogens with one attached hydrogen (secondary N) is 2. The van der Waals surface area contributed by atoms with Gasteiger partial charge in [0, 0.05) is 16.9 Å². The maximum absolute atomic E-state index is 12.3. The summed E-state index contributed by atoms with van der Waals surface area (Å²) in [7, 11) is 1.55. The molecule has 0 bridgehead atoms. The fraction of sp³-hybridized carbons (Fsp3) is 0.176. The molecular formula is C17H19N3O3. The molecule has 0 fully saturated rings. The summed E-state index contributed by atoms with van der Waals surface area (Å²) in [5.74, 6) is 0.0608. The van der Waals surface area contributed by atoms with Gasteiger partial charge in [0.1, 0.15) is 5.75 Å². The van der Waals surface area contributed by atoms with Gasteiger partial charge in [-0.2, -0.15) is 0 Å². The van der Waals surface area contributed by atoms with Gasteiger partial charge in [0.05, 0.1) is 13.7 Å². The molecule has 0 radical (unpaired) electrons. The van der Waals surface area contributed by atoms with E-state index in [1.54, 1.807) is 43.5 Å². The molecule has 6 nitrogen and oxygen atoms in total. The molecule has 2 amide bonds. The molecule has 0 aliphatic rings. The first-order chi connectivity index (χ1) is 11.0. The summed E-state index contributed by atoms with van der Waals surface area (Å²) in [6.45, 7) is 1.76. The number of rotatable bonds is 5. The van der Waals surface area contributed by atoms with Crippen LogP contribution in [0.25, 0.3) is 0 Å². The minimum absolute atomic E-state index is 0.0974. The molecule has 0 aromatic heterocycles. The molecule has 2 aromatic rings. The van der Waals surface area contributed by atoms with Gasteiger partial charge in [-0.3, -0.25) is 9.59 Å². The van der Waals surface area contributed by atoms with E-state index in [0.717, 1.165) is 5.56 Å². The number of anilines is 2. The predicted molar refractivity (Wildman–Crippen MR) is 89.8 cm³/mol. The summed E-state index contributed by atoms with van der Waals surface area (Å²) in [6.07, 6.45) is 0. The summed E-state index contributed by atoms with van der Waals surface area (Å²) in [6, 6.07) is 12.1. The molecule has 0 atom stereocenters. The summed E-state index contributed by atoms with van der Waals surface area (Å²) in [4.78, 5) is 23.7. The molecule has 6 heteroatoms. The van der Waals surface area contributed by atoms with Crippen LogP contribution in [0.4, 0.5) is 11.4 Å². The third kappa shape index (κ3) is 4.31. The monoisotopic (exact) mass is 313 g/mol. The van der Waals surface area contributed by atoms with Crippen molar-refractivity contribution in [3.05, 3.63) is 53.6 Å². The molecule has 23 heavy (non-hydrogen) atoms. The van der Waals surface area contributed by atoms with E-state index in [-0.39, 0.29) is 18.4 Å². The first kappa shape index (κ1) is 16.5. The van der Waals surface area contributed by atoms with Crippen molar-refractivity contribution in [3.63, 3.8) is 0 Å². The third-order valence-electron chi connectivity index (χ3n) is 3.29. The van der Waals surface area contributed by atoms with E-state index in [9.17, 15) is 9.59 Å². The van der Waals surface area contributed by atoms with Crippen molar-refractivity contribution in [2.45, 2.75) is 6.92 Å². The molecular weight excluding hydrogens is 294 g/mol. The Balaban J connectivity index is 2.17. The number of carbonyl (C=O) groups excluding carboxylic acids is 2. The topological polar surface area (TPSA) is 93.5 Å². The number of benzene rings is 2. The molecule has 2 rings (SSSR count). The normalized spacial score (nSPS) is 10.0. The number of hydrogen-bond donors (Lipinski definition) is 3. The van der Waals surface area contributed by atoms with Crippen molar-refractivity contribution in [1.82, 2.24) is 0 Å². The maximum atomic E-state index is 12.3. The fourth-order valence-electron chi connectivity index (χ4n) is 2.00. The van der Waals surface area contributed by atoms with Gasteiger partial charge < -0.3 is 21.1 Å². The Morgan fingerprint density at radius 2 is 1.91 bits per heavy atom. The third-order valence-corrected chi connectivity index (χ3v) is 3.29. The second kappa shape index (κ2) is 7.42. The first-order valence-corrected chi connectivity index (χ1v) is 7.09. The van der Waals surface area contributed by atoms with Crippen molar-refractivity contribution in [2.24, 2.45) is 5.73 Å². The quantitative estimate of drug-likeness (QED) is 0.788. The van der Waals surface area contributed by atoms with E-state index in [4.69, 9.17) is 10.5 Å². The van der Waals surface area contributed by atoms with Crippen molar-refractivity contribution in [2.75, 3.05) is 24.3 Å². The number of hydrogen-bond acceptors (Lipinski definition) is 4. The summed E-state index contributed by atoms with van der Waals surface area (Å²) in [5.41, 5.74) is 7.86. The highest BCUT2D eigenvalue weighted by molar-refractivity contribution is 6.05. The lowest BCUT2D eigenvalue weighted by Gasteiger charge is -2.11. The van der Waals surface area contributed by atoms with Gasteiger partial charge in [0.25, 0.3) is 5.91 Å². The van der Waals surface area contributed by atoms with Crippen LogP contribution >= 0.6 is 0 Å². The Hall–Kier alpha value is -2.86. The van der Waals surface area contributed by atoms with E-state index in [1.165, 1.54) is 0 Å². The number of methoxy groups -OCH3 is 1. The van der Waals surface area contributed by atoms with E-state index in [1.807, 2.05) is 13.0 Å². The largest absolute Gasteiger partial charge is 0.497 e. The van der Waals surface area contributed by atoms with Gasteiger partial charge in [0.2, 0.25) is 5.91 Å². The summed E-state index contributed by atoms with van der Waals surface area (Å²) < 4.78 is 5.11. The second-order valence-electron chi connectivity index (χ2n) is 4.97. The van der Waals surface area contributed by atoms with E-state index in [0.29, 0.717) is 22.7 Å². The van der Waals surface area contributed by atoms with Gasteiger partial charge in [-0.05, 0) is 42.8 Å². The Morgan fingerprint density at radius 1 is 1.13 bits per heavy atom. The lowest BCUT2D eigenvalue weighted by molar-refractivity contribution is -0.114. The van der Waals surface area contributed by atoms with Gasteiger partial charge >= 0.3 is 0 Å². The standard InChI is InChI=1S/C17H19N3O3/c1-11-6-7-13(9-15(11)20-16(21)10-18)19-17(22)12-4-3-5-14(8-12)23-2/h3-9H,10,18H2,1-2H3,(H,19,22)(H,20,21). The van der Waals surface area contributed by atoms with E-state index < -0.39 is 0 Å². The summed E-state index contributed by atoms with van der Waals surface area (Å²) >= 11 is 0. The van der Waals surface area contributed by atoms with Crippen LogP contribution in [-0.2, 0) is 4.79 Å². The number of carbonyl (C=O) groups is 2. The van der Waals surface area contributed by atoms with Crippen molar-refractivity contribution >= 4 is 23.2 Å². The average Bonchev–Trinajstić information content (AvgIpc) is 2.57. The highest BCUT2D eigenvalue weighted by atomic mass is 16.5. The lowest BCUT2D eigenvalue weighted by Crippen LogP contribution is -2.22. The zero-order valence-corrected chi connectivity index (χ0v) is 13.1. The molecule has 0 spiro atoms. The van der Waals surface area contributed by atoms with Gasteiger partial charge in [-0.25, -0.2) is 0 Å². The van der Waals surface area contributed by atoms with Crippen LogP contribution in [0.15, 0.2) is 42.5 Å². The number of ether oxygens (including phenoxy) is 1. The Morgan fingerprint density at radius 3 is 2.61 bits per heavy atom. The Kier molecular flexibility index (Phi) is 5.32. The Labute approximate surface area is 134 Å². The van der Waals surface area contributed by atoms with Crippen LogP contribution < -0.4 is 21.1 Å². The van der Waals surface area contributed by atoms with Crippen molar-refractivity contribution in [3.8, 4) is 5.75 Å². The van der Waals surface area contributed by atoms with Crippen LogP contribution in [0.3, 0.4) is 0 Å². The lowest BCUT2D eigenvalue weighted by atomic mass is 10.1. The minimum Gasteiger partial charge on any atom is -0.497 e. The fourth-order valence-corrected chi connectivity index (χ4v) is 2.00. The molecule has 0 saturated carbocycles. The van der Waals surface area contributed by atoms with Crippen LogP contribution in [0.1, 0.15) is 15.9 Å². The van der Waals surface area contributed by atoms with Gasteiger partial charge in [0.15, 0.2) is 0 Å². The number of nitrogens with two attached hydrogens (primary N) is 1. The molecule has 4 N–H and O–H groups in total. The minimum atomic E-state index is -0.288. The van der Waals surface area contributed by atoms with Crippen LogP contribution in [-0.4, -0.2) is 25.5 Å². The molecule has 0 saturated heterocycles. The zero-order chi connectivity index (χ0) is 16.8. The van der Waals surface area contributed by atoms with Gasteiger partial charge in [-0.15, -0.1) is 0 Å². The molecule has 0 unspecified atom stereocenters. The van der Waals surface area contributed by atoms with Crippen LogP contribution in [0.2, 0.25) is 0 Å². The molecule has 2 aromatic carbocycles. The van der Waals surface area contributed by atoms with Crippen molar-refractivity contribution in [1.29, 1.82) is 0 Å². The maximum Gasteiger partial charge on any atom is 0.255 e. The smallest absolute Gasteiger partial charge is 0.255 e. The average molecular weight is 313 g/mol. The first-order valence-electron chi connectivity index (χ1n) is 7.09. The SMILES string of the molecule is COc1cccc(C(=O)Nc2ccc(C)c(NC(=O)CN)c2)c1. The van der Waals surface area contributed by atoms with E-state index >= 15 is 0 Å². The highest BCUT2D eigenvalue weighted by Crippen LogP contribution is 2.21. The zero-order valence-electron chi connectivity index (χ0n) is 13.1. The molecule has 0 aliphatic carbocycles. The second-order valence-corrected chi connectivity index (χ2v) is 4.97. The molecule has 0 aliphatic heterocycles. The Bertz CT molecular complexity index is 729. The number of aryl methyl sites for hydroxylation is 1. The van der Waals surface area contributed by atoms with Crippen molar-refractivity contribution < 1.29 is 14.3 Å². The van der Waals surface area contributed by atoms with E-state index in [2.05, 4.69) is 10.6 Å². The summed E-state index contributed by atoms with van der Waals surface area (Å²) in [5, 5.41) is 5.49. The highest BCUT2D eigenvalue weighted by Gasteiger charge is 2.09. The molecule has 0 heterocycles. The van der Waals surface area contributed by atoms with Crippen LogP contribution in [0, 0.1) is 6.92 Å². The molecule has 120 valence electrons. The van der Waals surface area contributed by atoms with Crippen LogP contribution in [0.5, 0.6) is 5.75 Å². The predicted octanol–water partition coefficient (Wildman–Crippen LogP) is 2.15. The number of amides is 2.